The quantitative estimate of drug-likeness (QED) is 0.511. The molecule has 176 valence electrons. The Morgan fingerprint density at radius 3 is 2.53 bits per heavy atom. The molecule has 7 nitrogen and oxygen atoms in total. The lowest BCUT2D eigenvalue weighted by Gasteiger charge is -2.25. The average molecular weight is 478 g/mol. The zero-order valence-corrected chi connectivity index (χ0v) is 20.7. The number of carbonyl (C=O) groups excluding carboxylic acids is 1. The molecule has 0 spiro atoms. The summed E-state index contributed by atoms with van der Waals surface area (Å²) in [5.74, 6) is 0.206. The molecule has 0 amide bonds. The zero-order chi connectivity index (χ0) is 24.4. The summed E-state index contributed by atoms with van der Waals surface area (Å²) in [4.78, 5) is 33.8. The number of rotatable bonds is 6. The van der Waals surface area contributed by atoms with Gasteiger partial charge in [-0.05, 0) is 43.7 Å². The Kier molecular flexibility index (Phi) is 6.70. The molecule has 8 heteroatoms. The predicted octanol–water partition coefficient (Wildman–Crippen LogP) is 2.87. The van der Waals surface area contributed by atoms with Crippen molar-refractivity contribution in [3.05, 3.63) is 90.6 Å². The van der Waals surface area contributed by atoms with Crippen molar-refractivity contribution in [2.45, 2.75) is 19.9 Å². The van der Waals surface area contributed by atoms with Gasteiger partial charge in [-0.2, -0.15) is 0 Å². The molecule has 1 atom stereocenters. The molecule has 1 aliphatic heterocycles. The molecule has 1 aromatic heterocycles. The Morgan fingerprint density at radius 2 is 1.88 bits per heavy atom. The third-order valence-electron chi connectivity index (χ3n) is 5.67. The molecule has 0 aliphatic carbocycles. The Bertz CT molecular complexity index is 1430. The van der Waals surface area contributed by atoms with E-state index in [-0.39, 0.29) is 12.2 Å². The summed E-state index contributed by atoms with van der Waals surface area (Å²) < 4.78 is 12.9. The summed E-state index contributed by atoms with van der Waals surface area (Å²) in [7, 11) is 5.52. The van der Waals surface area contributed by atoms with Gasteiger partial charge in [-0.1, -0.05) is 41.7 Å². The monoisotopic (exact) mass is 477 g/mol. The van der Waals surface area contributed by atoms with Crippen molar-refractivity contribution < 1.29 is 14.3 Å². The number of fused-ring (bicyclic) bond motifs is 1. The number of ether oxygens (including phenoxy) is 2. The van der Waals surface area contributed by atoms with Crippen LogP contribution in [0.15, 0.2) is 69.6 Å². The van der Waals surface area contributed by atoms with Gasteiger partial charge in [0.15, 0.2) is 4.80 Å². The number of para-hydroxylation sites is 1. The number of aromatic nitrogens is 1. The lowest BCUT2D eigenvalue weighted by atomic mass is 9.95. The molecule has 0 bridgehead atoms. The summed E-state index contributed by atoms with van der Waals surface area (Å²) in [6.07, 6.45) is 1.80. The first-order valence-electron chi connectivity index (χ1n) is 11.0. The molecule has 3 aromatic rings. The number of thiazole rings is 1. The SMILES string of the molecule is CCOC(=O)C1=C(C)N=c2s/c(=C\c3ccccc3OC)c(=O)n2C1c1ccc(N(C)C)cc1. The maximum Gasteiger partial charge on any atom is 0.338 e. The van der Waals surface area contributed by atoms with Crippen molar-refractivity contribution in [3.8, 4) is 5.75 Å². The Hall–Kier alpha value is -3.65. The van der Waals surface area contributed by atoms with Crippen LogP contribution in [-0.4, -0.2) is 38.3 Å². The third kappa shape index (κ3) is 4.28. The predicted molar refractivity (Wildman–Crippen MR) is 134 cm³/mol. The van der Waals surface area contributed by atoms with Crippen LogP contribution in [0.3, 0.4) is 0 Å². The molecule has 2 heterocycles. The minimum atomic E-state index is -0.633. The molecule has 2 aromatic carbocycles. The van der Waals surface area contributed by atoms with Gasteiger partial charge in [0.1, 0.15) is 5.75 Å². The van der Waals surface area contributed by atoms with Crippen LogP contribution in [-0.2, 0) is 9.53 Å². The molecule has 4 rings (SSSR count). The van der Waals surface area contributed by atoms with Crippen LogP contribution in [0.4, 0.5) is 5.69 Å². The molecular formula is C26H27N3O4S. The van der Waals surface area contributed by atoms with Crippen molar-refractivity contribution >= 4 is 29.1 Å². The number of nitrogens with zero attached hydrogens (tertiary/aromatic N) is 3. The van der Waals surface area contributed by atoms with Gasteiger partial charge >= 0.3 is 5.97 Å². The number of benzene rings is 2. The van der Waals surface area contributed by atoms with Gasteiger partial charge in [0.05, 0.1) is 35.6 Å². The maximum absolute atomic E-state index is 13.7. The second kappa shape index (κ2) is 9.69. The first-order valence-corrected chi connectivity index (χ1v) is 11.8. The van der Waals surface area contributed by atoms with Crippen LogP contribution in [0.2, 0.25) is 0 Å². The van der Waals surface area contributed by atoms with Crippen LogP contribution in [0, 0.1) is 0 Å². The Morgan fingerprint density at radius 1 is 1.18 bits per heavy atom. The van der Waals surface area contributed by atoms with E-state index in [1.165, 1.54) is 11.3 Å². The summed E-state index contributed by atoms with van der Waals surface area (Å²) in [6, 6.07) is 14.7. The van der Waals surface area contributed by atoms with E-state index < -0.39 is 12.0 Å². The van der Waals surface area contributed by atoms with Crippen molar-refractivity contribution in [3.63, 3.8) is 0 Å². The minimum Gasteiger partial charge on any atom is -0.496 e. The van der Waals surface area contributed by atoms with Gasteiger partial charge in [0.25, 0.3) is 5.56 Å². The molecule has 0 N–H and O–H groups in total. The van der Waals surface area contributed by atoms with Crippen molar-refractivity contribution in [1.82, 2.24) is 4.57 Å². The topological polar surface area (TPSA) is 73.1 Å². The van der Waals surface area contributed by atoms with Crippen LogP contribution in [0.25, 0.3) is 6.08 Å². The second-order valence-corrected chi connectivity index (χ2v) is 9.04. The first-order chi connectivity index (χ1) is 16.3. The summed E-state index contributed by atoms with van der Waals surface area (Å²) >= 11 is 1.29. The Labute approximate surface area is 201 Å². The molecule has 34 heavy (non-hydrogen) atoms. The fourth-order valence-corrected chi connectivity index (χ4v) is 5.03. The third-order valence-corrected chi connectivity index (χ3v) is 6.65. The highest BCUT2D eigenvalue weighted by molar-refractivity contribution is 7.07. The molecule has 0 radical (unpaired) electrons. The number of esters is 1. The van der Waals surface area contributed by atoms with E-state index in [1.807, 2.05) is 67.5 Å². The van der Waals surface area contributed by atoms with Gasteiger partial charge in [-0.25, -0.2) is 9.79 Å². The highest BCUT2D eigenvalue weighted by Crippen LogP contribution is 2.31. The van der Waals surface area contributed by atoms with E-state index in [9.17, 15) is 9.59 Å². The van der Waals surface area contributed by atoms with Gasteiger partial charge in [0.2, 0.25) is 0 Å². The standard InChI is InChI=1S/C26H27N3O4S/c1-6-33-25(31)22-16(2)27-26-29(23(22)17-11-13-19(14-12-17)28(3)4)24(30)21(34-26)15-18-9-7-8-10-20(18)32-5/h7-15,23H,6H2,1-5H3/b21-15-. The van der Waals surface area contributed by atoms with Crippen LogP contribution < -0.4 is 24.5 Å². The van der Waals surface area contributed by atoms with Gasteiger partial charge in [0, 0.05) is 25.3 Å². The number of carbonyl (C=O) groups is 1. The normalized spacial score (nSPS) is 15.6. The number of hydrogen-bond donors (Lipinski definition) is 0. The largest absolute Gasteiger partial charge is 0.496 e. The zero-order valence-electron chi connectivity index (χ0n) is 19.9. The Balaban J connectivity index is 1.95. The van der Waals surface area contributed by atoms with Crippen LogP contribution >= 0.6 is 11.3 Å². The fraction of sp³-hybridized carbons (Fsp3) is 0.269. The highest BCUT2D eigenvalue weighted by Gasteiger charge is 2.33. The number of methoxy groups -OCH3 is 1. The number of allylic oxidation sites excluding steroid dienone is 1. The van der Waals surface area contributed by atoms with Crippen molar-refractivity contribution in [1.29, 1.82) is 0 Å². The number of hydrogen-bond acceptors (Lipinski definition) is 7. The van der Waals surface area contributed by atoms with Crippen LogP contribution in [0.5, 0.6) is 5.75 Å². The summed E-state index contributed by atoms with van der Waals surface area (Å²) in [6.45, 7) is 3.78. The van der Waals surface area contributed by atoms with E-state index in [0.717, 1.165) is 16.8 Å². The van der Waals surface area contributed by atoms with Gasteiger partial charge in [-0.3, -0.25) is 9.36 Å². The highest BCUT2D eigenvalue weighted by atomic mass is 32.1. The second-order valence-electron chi connectivity index (χ2n) is 8.03. The van der Waals surface area contributed by atoms with E-state index in [4.69, 9.17) is 9.47 Å². The fourth-order valence-electron chi connectivity index (χ4n) is 3.99. The molecule has 0 fully saturated rings. The number of anilines is 1. The molecule has 0 saturated carbocycles. The van der Waals surface area contributed by atoms with E-state index in [2.05, 4.69) is 4.99 Å². The van der Waals surface area contributed by atoms with E-state index in [1.54, 1.807) is 31.6 Å². The van der Waals surface area contributed by atoms with Crippen LogP contribution in [0.1, 0.15) is 31.0 Å². The summed E-state index contributed by atoms with van der Waals surface area (Å²) in [5, 5.41) is 0. The molecule has 1 aliphatic rings. The first kappa shape index (κ1) is 23.5. The molecule has 0 saturated heterocycles. The molecule has 1 unspecified atom stereocenters. The smallest absolute Gasteiger partial charge is 0.338 e. The van der Waals surface area contributed by atoms with Crippen molar-refractivity contribution in [2.24, 2.45) is 4.99 Å². The average Bonchev–Trinajstić information content (AvgIpc) is 3.13. The van der Waals surface area contributed by atoms with Gasteiger partial charge < -0.3 is 14.4 Å². The molecular weight excluding hydrogens is 450 g/mol. The van der Waals surface area contributed by atoms with E-state index >= 15 is 0 Å². The minimum absolute atomic E-state index is 0.217. The van der Waals surface area contributed by atoms with Crippen molar-refractivity contribution in [2.75, 3.05) is 32.7 Å². The lowest BCUT2D eigenvalue weighted by molar-refractivity contribution is -0.139. The summed E-state index contributed by atoms with van der Waals surface area (Å²) in [5.41, 5.74) is 3.33. The van der Waals surface area contributed by atoms with E-state index in [0.29, 0.717) is 26.4 Å². The lowest BCUT2D eigenvalue weighted by Crippen LogP contribution is -2.39. The maximum atomic E-state index is 13.7. The van der Waals surface area contributed by atoms with Gasteiger partial charge in [-0.15, -0.1) is 0 Å².